The quantitative estimate of drug-likeness (QED) is 0.567. The Kier molecular flexibility index (Phi) is 7.37. The monoisotopic (exact) mass is 440 g/mol. The second-order valence-corrected chi connectivity index (χ2v) is 7.52. The van der Waals surface area contributed by atoms with Gasteiger partial charge in [0.2, 0.25) is 0 Å². The Morgan fingerprint density at radius 3 is 2.69 bits per heavy atom. The van der Waals surface area contributed by atoms with Crippen LogP contribution in [0.1, 0.15) is 24.3 Å². The Balaban J connectivity index is 2.03. The summed E-state index contributed by atoms with van der Waals surface area (Å²) >= 11 is 0. The molecule has 3 rings (SSSR count). The molecule has 1 atom stereocenters. The molecule has 0 bridgehead atoms. The lowest BCUT2D eigenvalue weighted by molar-refractivity contribution is -0.129. The normalized spacial score (nSPS) is 16.5. The molecule has 1 unspecified atom stereocenters. The molecule has 1 aromatic carbocycles. The maximum atomic E-state index is 13.1. The Labute approximate surface area is 187 Å². The molecule has 0 fully saturated rings. The van der Waals surface area contributed by atoms with Gasteiger partial charge >= 0.3 is 0 Å². The molecule has 8 nitrogen and oxygen atoms in total. The van der Waals surface area contributed by atoms with Crippen LogP contribution in [0, 0.1) is 0 Å². The highest BCUT2D eigenvalue weighted by molar-refractivity contribution is 6.14. The summed E-state index contributed by atoms with van der Waals surface area (Å²) in [6.07, 6.45) is 4.30. The number of aliphatic hydroxyl groups is 1. The van der Waals surface area contributed by atoms with Gasteiger partial charge in [0.25, 0.3) is 5.91 Å². The Bertz CT molecular complexity index is 1020. The van der Waals surface area contributed by atoms with E-state index in [0.717, 1.165) is 0 Å². The first-order valence-electron chi connectivity index (χ1n) is 10.3. The first-order valence-corrected chi connectivity index (χ1v) is 10.3. The molecular formula is C24H28N2O6. The molecule has 1 aliphatic heterocycles. The van der Waals surface area contributed by atoms with Gasteiger partial charge in [-0.2, -0.15) is 0 Å². The highest BCUT2D eigenvalue weighted by atomic mass is 16.5. The number of ether oxygens (including phenoxy) is 2. The predicted molar refractivity (Wildman–Crippen MR) is 120 cm³/mol. The molecule has 0 saturated carbocycles. The molecule has 1 N–H and O–H groups in total. The summed E-state index contributed by atoms with van der Waals surface area (Å²) in [5.74, 6) is -0.0745. The molecule has 0 aliphatic carbocycles. The number of ketones is 1. The van der Waals surface area contributed by atoms with Crippen LogP contribution in [0.2, 0.25) is 0 Å². The molecular weight excluding hydrogens is 412 g/mol. The van der Waals surface area contributed by atoms with Crippen LogP contribution in [-0.2, 0) is 9.59 Å². The van der Waals surface area contributed by atoms with Crippen LogP contribution in [-0.4, -0.2) is 67.5 Å². The summed E-state index contributed by atoms with van der Waals surface area (Å²) in [5, 5.41) is 10.7. The highest BCUT2D eigenvalue weighted by Crippen LogP contribution is 2.40. The standard InChI is InChI=1S/C24H28N2O6/c1-5-31-19-11-8-16(15-20(19)30-4)22-21(18(27)10-9-17-7-6-14-32-17)23(28)24(29)26(22)13-12-25(2)3/h6-11,14-15,22,28H,5,12-13H2,1-4H3/b10-9+. The van der Waals surface area contributed by atoms with Crippen molar-refractivity contribution in [2.75, 3.05) is 40.9 Å². The molecule has 8 heteroatoms. The van der Waals surface area contributed by atoms with Gasteiger partial charge < -0.3 is 28.8 Å². The number of carbonyl (C=O) groups is 2. The van der Waals surface area contributed by atoms with E-state index >= 15 is 0 Å². The molecule has 1 aromatic heterocycles. The number of furan rings is 1. The summed E-state index contributed by atoms with van der Waals surface area (Å²) in [5.41, 5.74) is 0.652. The van der Waals surface area contributed by atoms with Gasteiger partial charge in [-0.3, -0.25) is 9.59 Å². The number of aliphatic hydroxyl groups excluding tert-OH is 1. The fraction of sp³-hybridized carbons (Fsp3) is 0.333. The average molecular weight is 440 g/mol. The first-order chi connectivity index (χ1) is 15.4. The number of allylic oxidation sites excluding steroid dienone is 1. The van der Waals surface area contributed by atoms with Crippen molar-refractivity contribution in [1.29, 1.82) is 0 Å². The lowest BCUT2D eigenvalue weighted by Gasteiger charge is -2.28. The van der Waals surface area contributed by atoms with Crippen molar-refractivity contribution in [2.24, 2.45) is 0 Å². The third-order valence-electron chi connectivity index (χ3n) is 5.10. The van der Waals surface area contributed by atoms with Crippen molar-refractivity contribution in [3.63, 3.8) is 0 Å². The van der Waals surface area contributed by atoms with E-state index in [4.69, 9.17) is 13.9 Å². The smallest absolute Gasteiger partial charge is 0.290 e. The van der Waals surface area contributed by atoms with Crippen LogP contribution in [0.5, 0.6) is 11.5 Å². The SMILES string of the molecule is CCOc1ccc(C2C(C(=O)/C=C/c3ccco3)=C(O)C(=O)N2CCN(C)C)cc1OC. The van der Waals surface area contributed by atoms with E-state index in [1.807, 2.05) is 25.9 Å². The number of amides is 1. The van der Waals surface area contributed by atoms with Gasteiger partial charge in [-0.1, -0.05) is 6.07 Å². The molecule has 0 radical (unpaired) electrons. The molecule has 1 aliphatic rings. The minimum atomic E-state index is -0.763. The maximum absolute atomic E-state index is 13.1. The third kappa shape index (κ3) is 4.86. The van der Waals surface area contributed by atoms with Gasteiger partial charge in [-0.15, -0.1) is 0 Å². The summed E-state index contributed by atoms with van der Waals surface area (Å²) in [7, 11) is 5.30. The second kappa shape index (κ2) is 10.2. The number of hydrogen-bond acceptors (Lipinski definition) is 7. The van der Waals surface area contributed by atoms with Gasteiger partial charge in [0.05, 0.1) is 31.6 Å². The van der Waals surface area contributed by atoms with Gasteiger partial charge in [-0.25, -0.2) is 0 Å². The number of rotatable bonds is 10. The van der Waals surface area contributed by atoms with Crippen molar-refractivity contribution in [1.82, 2.24) is 9.80 Å². The van der Waals surface area contributed by atoms with E-state index in [-0.39, 0.29) is 5.57 Å². The van der Waals surface area contributed by atoms with Crippen LogP contribution in [0.3, 0.4) is 0 Å². The van der Waals surface area contributed by atoms with Crippen molar-refractivity contribution < 1.29 is 28.6 Å². The van der Waals surface area contributed by atoms with Crippen LogP contribution in [0.4, 0.5) is 0 Å². The van der Waals surface area contributed by atoms with Crippen LogP contribution >= 0.6 is 0 Å². The largest absolute Gasteiger partial charge is 0.503 e. The molecule has 2 heterocycles. The summed E-state index contributed by atoms with van der Waals surface area (Å²) < 4.78 is 16.3. The molecule has 170 valence electrons. The summed E-state index contributed by atoms with van der Waals surface area (Å²) in [4.78, 5) is 29.4. The number of benzene rings is 1. The fourth-order valence-electron chi connectivity index (χ4n) is 3.55. The Hall–Kier alpha value is -3.52. The van der Waals surface area contributed by atoms with E-state index in [1.165, 1.54) is 30.4 Å². The minimum absolute atomic E-state index is 0.0165. The number of carbonyl (C=O) groups excluding carboxylic acids is 2. The van der Waals surface area contributed by atoms with E-state index in [0.29, 0.717) is 42.5 Å². The zero-order valence-corrected chi connectivity index (χ0v) is 18.7. The lowest BCUT2D eigenvalue weighted by Crippen LogP contribution is -2.36. The third-order valence-corrected chi connectivity index (χ3v) is 5.10. The number of nitrogens with zero attached hydrogens (tertiary/aromatic N) is 2. The molecule has 1 amide bonds. The molecule has 0 saturated heterocycles. The van der Waals surface area contributed by atoms with Crippen molar-refractivity contribution in [2.45, 2.75) is 13.0 Å². The van der Waals surface area contributed by atoms with E-state index < -0.39 is 23.5 Å². The van der Waals surface area contributed by atoms with Crippen LogP contribution < -0.4 is 9.47 Å². The molecule has 0 spiro atoms. The molecule has 32 heavy (non-hydrogen) atoms. The topological polar surface area (TPSA) is 92.5 Å². The number of hydrogen-bond donors (Lipinski definition) is 1. The van der Waals surface area contributed by atoms with Crippen molar-refractivity contribution in [3.05, 3.63) is 65.3 Å². The maximum Gasteiger partial charge on any atom is 0.290 e. The van der Waals surface area contributed by atoms with E-state index in [2.05, 4.69) is 0 Å². The minimum Gasteiger partial charge on any atom is -0.503 e. The lowest BCUT2D eigenvalue weighted by atomic mass is 9.95. The van der Waals surface area contributed by atoms with Gasteiger partial charge in [-0.05, 0) is 63.0 Å². The average Bonchev–Trinajstić information content (AvgIpc) is 3.38. The summed E-state index contributed by atoms with van der Waals surface area (Å²) in [6, 6.07) is 7.89. The Morgan fingerprint density at radius 1 is 1.28 bits per heavy atom. The van der Waals surface area contributed by atoms with Crippen molar-refractivity contribution >= 4 is 17.8 Å². The van der Waals surface area contributed by atoms with E-state index in [9.17, 15) is 14.7 Å². The number of likely N-dealkylation sites (N-methyl/N-ethyl adjacent to an activating group) is 1. The van der Waals surface area contributed by atoms with Crippen LogP contribution in [0.15, 0.2) is 58.4 Å². The highest BCUT2D eigenvalue weighted by Gasteiger charge is 2.43. The fourth-order valence-corrected chi connectivity index (χ4v) is 3.55. The number of methoxy groups -OCH3 is 1. The first kappa shape index (κ1) is 23.1. The van der Waals surface area contributed by atoms with E-state index in [1.54, 1.807) is 30.3 Å². The molecule has 2 aromatic rings. The van der Waals surface area contributed by atoms with Gasteiger partial charge in [0.15, 0.2) is 23.0 Å². The zero-order chi connectivity index (χ0) is 23.3. The predicted octanol–water partition coefficient (Wildman–Crippen LogP) is 3.23. The summed E-state index contributed by atoms with van der Waals surface area (Å²) in [6.45, 7) is 3.23. The van der Waals surface area contributed by atoms with Gasteiger partial charge in [0.1, 0.15) is 5.76 Å². The second-order valence-electron chi connectivity index (χ2n) is 7.52. The Morgan fingerprint density at radius 2 is 2.06 bits per heavy atom. The van der Waals surface area contributed by atoms with Crippen LogP contribution in [0.25, 0.3) is 6.08 Å². The van der Waals surface area contributed by atoms with Crippen molar-refractivity contribution in [3.8, 4) is 11.5 Å². The zero-order valence-electron chi connectivity index (χ0n) is 18.7. The van der Waals surface area contributed by atoms with Gasteiger partial charge in [0, 0.05) is 13.1 Å².